The lowest BCUT2D eigenvalue weighted by Crippen LogP contribution is -2.36. The molecule has 0 spiro atoms. The van der Waals surface area contributed by atoms with Gasteiger partial charge >= 0.3 is 0 Å². The van der Waals surface area contributed by atoms with Gasteiger partial charge in [0.2, 0.25) is 0 Å². The summed E-state index contributed by atoms with van der Waals surface area (Å²) in [6.07, 6.45) is 2.52. The van der Waals surface area contributed by atoms with Crippen molar-refractivity contribution in [3.8, 4) is 0 Å². The van der Waals surface area contributed by atoms with Crippen molar-refractivity contribution in [3.63, 3.8) is 0 Å². The predicted molar refractivity (Wildman–Crippen MR) is 84.8 cm³/mol. The van der Waals surface area contributed by atoms with E-state index in [2.05, 4.69) is 75.3 Å². The van der Waals surface area contributed by atoms with Gasteiger partial charge in [0.25, 0.3) is 0 Å². The Morgan fingerprint density at radius 2 is 1.17 bits per heavy atom. The lowest BCUT2D eigenvalue weighted by atomic mass is 9.60. The zero-order valence-corrected chi connectivity index (χ0v) is 14.3. The predicted octanol–water partition coefficient (Wildman–Crippen LogP) is 6.24. The molecule has 0 unspecified atom stereocenters. The molecule has 0 rings (SSSR count). The Balaban J connectivity index is 6.19. The van der Waals surface area contributed by atoms with Crippen molar-refractivity contribution in [1.82, 2.24) is 0 Å². The summed E-state index contributed by atoms with van der Waals surface area (Å²) >= 11 is 0. The van der Waals surface area contributed by atoms with Crippen LogP contribution in [0.5, 0.6) is 0 Å². The van der Waals surface area contributed by atoms with Gasteiger partial charge in [-0.05, 0) is 45.4 Å². The first-order chi connectivity index (χ1) is 8.07. The quantitative estimate of drug-likeness (QED) is 0.506. The summed E-state index contributed by atoms with van der Waals surface area (Å²) in [5.74, 6) is 1.86. The molecule has 0 aromatic carbocycles. The van der Waals surface area contributed by atoms with Crippen LogP contribution in [0.25, 0.3) is 0 Å². The van der Waals surface area contributed by atoms with E-state index in [-0.39, 0.29) is 5.41 Å². The van der Waals surface area contributed by atoms with Crippen molar-refractivity contribution >= 4 is 0 Å². The minimum Gasteiger partial charge on any atom is -0.0795 e. The van der Waals surface area contributed by atoms with Crippen molar-refractivity contribution in [3.05, 3.63) is 22.8 Å². The first-order valence-electron chi connectivity index (χ1n) is 7.41. The first-order valence-corrected chi connectivity index (χ1v) is 7.41. The molecule has 0 aliphatic heterocycles. The highest BCUT2D eigenvalue weighted by Gasteiger charge is 2.39. The summed E-state index contributed by atoms with van der Waals surface area (Å²) in [5.41, 5.74) is 4.75. The summed E-state index contributed by atoms with van der Waals surface area (Å²) in [7, 11) is 0. The summed E-state index contributed by atoms with van der Waals surface area (Å²) in [6, 6.07) is 0. The standard InChI is InChI=1S/C18H34/c1-12(2)11-18(15(7)8,16(9)10)17(13(3)4)14(5)6/h11,13,15-16H,1-10H3. The van der Waals surface area contributed by atoms with E-state index >= 15 is 0 Å². The lowest BCUT2D eigenvalue weighted by Gasteiger charge is -2.44. The second-order valence-corrected chi connectivity index (χ2v) is 7.03. The molecule has 0 bridgehead atoms. The molecule has 0 aromatic rings. The van der Waals surface area contributed by atoms with Crippen LogP contribution in [0.15, 0.2) is 22.8 Å². The van der Waals surface area contributed by atoms with Crippen LogP contribution in [0.3, 0.4) is 0 Å². The number of hydrogen-bond donors (Lipinski definition) is 0. The van der Waals surface area contributed by atoms with Gasteiger partial charge in [0.1, 0.15) is 0 Å². The molecule has 0 aromatic heterocycles. The normalized spacial score (nSPS) is 12.3. The number of rotatable bonds is 5. The Morgan fingerprint density at radius 1 is 0.778 bits per heavy atom. The third-order valence-corrected chi connectivity index (χ3v) is 4.02. The molecule has 18 heavy (non-hydrogen) atoms. The molecule has 0 amide bonds. The highest BCUT2D eigenvalue weighted by molar-refractivity contribution is 5.31. The van der Waals surface area contributed by atoms with Crippen LogP contribution >= 0.6 is 0 Å². The van der Waals surface area contributed by atoms with E-state index in [4.69, 9.17) is 0 Å². The monoisotopic (exact) mass is 250 g/mol. The highest BCUT2D eigenvalue weighted by atomic mass is 14.4. The van der Waals surface area contributed by atoms with Gasteiger partial charge in [-0.2, -0.15) is 0 Å². The fourth-order valence-electron chi connectivity index (χ4n) is 3.69. The van der Waals surface area contributed by atoms with Crippen molar-refractivity contribution in [2.24, 2.45) is 23.2 Å². The van der Waals surface area contributed by atoms with Gasteiger partial charge < -0.3 is 0 Å². The molecular formula is C18H34. The Labute approximate surface area is 116 Å². The average Bonchev–Trinajstić information content (AvgIpc) is 2.13. The first kappa shape index (κ1) is 17.5. The zero-order chi connectivity index (χ0) is 14.7. The Hall–Kier alpha value is -0.520. The summed E-state index contributed by atoms with van der Waals surface area (Å²) < 4.78 is 0. The van der Waals surface area contributed by atoms with E-state index in [0.29, 0.717) is 17.8 Å². The third kappa shape index (κ3) is 3.49. The van der Waals surface area contributed by atoms with E-state index in [1.54, 1.807) is 5.57 Å². The topological polar surface area (TPSA) is 0 Å². The third-order valence-electron chi connectivity index (χ3n) is 4.02. The lowest BCUT2D eigenvalue weighted by molar-refractivity contribution is 0.210. The van der Waals surface area contributed by atoms with Gasteiger partial charge in [0.15, 0.2) is 0 Å². The molecule has 0 aliphatic rings. The van der Waals surface area contributed by atoms with Crippen molar-refractivity contribution in [1.29, 1.82) is 0 Å². The molecule has 0 aliphatic carbocycles. The average molecular weight is 250 g/mol. The molecule has 0 fully saturated rings. The fourth-order valence-corrected chi connectivity index (χ4v) is 3.69. The second-order valence-electron chi connectivity index (χ2n) is 7.03. The Bertz CT molecular complexity index is 308. The van der Waals surface area contributed by atoms with Crippen LogP contribution in [0.1, 0.15) is 69.2 Å². The molecule has 0 radical (unpaired) electrons. The number of hydrogen-bond acceptors (Lipinski definition) is 0. The smallest absolute Gasteiger partial charge is 0.0144 e. The van der Waals surface area contributed by atoms with Crippen LogP contribution in [0, 0.1) is 23.2 Å². The maximum atomic E-state index is 2.52. The molecule has 0 heteroatoms. The summed E-state index contributed by atoms with van der Waals surface area (Å²) in [6.45, 7) is 23.1. The highest BCUT2D eigenvalue weighted by Crippen LogP contribution is 2.48. The van der Waals surface area contributed by atoms with Crippen molar-refractivity contribution in [2.75, 3.05) is 0 Å². The maximum Gasteiger partial charge on any atom is 0.0144 e. The minimum atomic E-state index is 0.200. The maximum absolute atomic E-state index is 2.52. The molecule has 0 nitrogen and oxygen atoms in total. The summed E-state index contributed by atoms with van der Waals surface area (Å²) in [4.78, 5) is 0. The van der Waals surface area contributed by atoms with Crippen LogP contribution < -0.4 is 0 Å². The Morgan fingerprint density at radius 3 is 1.33 bits per heavy atom. The van der Waals surface area contributed by atoms with Crippen LogP contribution in [-0.2, 0) is 0 Å². The molecule has 106 valence electrons. The van der Waals surface area contributed by atoms with Crippen LogP contribution in [0.4, 0.5) is 0 Å². The van der Waals surface area contributed by atoms with Crippen LogP contribution in [0.2, 0.25) is 0 Å². The van der Waals surface area contributed by atoms with E-state index < -0.39 is 0 Å². The minimum absolute atomic E-state index is 0.200. The largest absolute Gasteiger partial charge is 0.0795 e. The van der Waals surface area contributed by atoms with Gasteiger partial charge in [-0.3, -0.25) is 0 Å². The molecule has 0 saturated carbocycles. The van der Waals surface area contributed by atoms with Gasteiger partial charge in [-0.25, -0.2) is 0 Å². The SMILES string of the molecule is CC(C)=CC(C(=C(C)C)C(C)C)(C(C)C)C(C)C. The van der Waals surface area contributed by atoms with E-state index in [1.807, 2.05) is 0 Å². The fraction of sp³-hybridized carbons (Fsp3) is 0.778. The van der Waals surface area contributed by atoms with E-state index in [0.717, 1.165) is 0 Å². The van der Waals surface area contributed by atoms with Gasteiger partial charge in [-0.15, -0.1) is 0 Å². The molecule has 0 N–H and O–H groups in total. The zero-order valence-electron chi connectivity index (χ0n) is 14.3. The van der Waals surface area contributed by atoms with Crippen molar-refractivity contribution < 1.29 is 0 Å². The molecule has 0 saturated heterocycles. The van der Waals surface area contributed by atoms with Crippen LogP contribution in [-0.4, -0.2) is 0 Å². The van der Waals surface area contributed by atoms with Crippen molar-refractivity contribution in [2.45, 2.75) is 69.2 Å². The van der Waals surface area contributed by atoms with Gasteiger partial charge in [0, 0.05) is 5.41 Å². The Kier molecular flexibility index (Phi) is 6.40. The molecule has 0 heterocycles. The molecular weight excluding hydrogens is 216 g/mol. The molecule has 0 atom stereocenters. The number of allylic oxidation sites excluding steroid dienone is 4. The van der Waals surface area contributed by atoms with E-state index in [1.165, 1.54) is 11.1 Å². The van der Waals surface area contributed by atoms with Gasteiger partial charge in [-0.1, -0.05) is 64.3 Å². The summed E-state index contributed by atoms with van der Waals surface area (Å²) in [5, 5.41) is 0. The second kappa shape index (κ2) is 6.59. The van der Waals surface area contributed by atoms with Gasteiger partial charge in [0.05, 0.1) is 0 Å². The van der Waals surface area contributed by atoms with E-state index in [9.17, 15) is 0 Å².